The Morgan fingerprint density at radius 1 is 1.34 bits per heavy atom. The zero-order valence-electron chi connectivity index (χ0n) is 17.4. The quantitative estimate of drug-likeness (QED) is 0.278. The van der Waals surface area contributed by atoms with Crippen molar-refractivity contribution in [2.75, 3.05) is 33.4 Å². The maximum absolute atomic E-state index is 13.1. The van der Waals surface area contributed by atoms with Gasteiger partial charge in [0.25, 0.3) is 5.69 Å². The van der Waals surface area contributed by atoms with Crippen molar-refractivity contribution >= 4 is 23.1 Å². The van der Waals surface area contributed by atoms with Gasteiger partial charge in [-0.05, 0) is 23.8 Å². The second-order valence-electron chi connectivity index (χ2n) is 7.38. The Morgan fingerprint density at radius 2 is 2.06 bits per heavy atom. The van der Waals surface area contributed by atoms with Gasteiger partial charge in [-0.2, -0.15) is 0 Å². The molecule has 0 aliphatic carbocycles. The van der Waals surface area contributed by atoms with Crippen LogP contribution in [0.25, 0.3) is 0 Å². The van der Waals surface area contributed by atoms with E-state index in [2.05, 4.69) is 4.90 Å². The van der Waals surface area contributed by atoms with Crippen molar-refractivity contribution in [3.05, 3.63) is 80.8 Å². The molecule has 0 saturated carbocycles. The Hall–Kier alpha value is -3.01. The molecule has 0 amide bonds. The fourth-order valence-electron chi connectivity index (χ4n) is 3.59. The molecule has 1 aliphatic heterocycles. The number of aliphatic hydroxyl groups is 1. The van der Waals surface area contributed by atoms with Gasteiger partial charge in [-0.3, -0.25) is 19.8 Å². The van der Waals surface area contributed by atoms with Crippen molar-refractivity contribution in [1.29, 1.82) is 0 Å². The van der Waals surface area contributed by atoms with Crippen LogP contribution >= 0.6 is 11.6 Å². The van der Waals surface area contributed by atoms with Gasteiger partial charge in [0.2, 0.25) is 0 Å². The topological polar surface area (TPSA) is 96.2 Å². The number of halogens is 2. The summed E-state index contributed by atoms with van der Waals surface area (Å²) < 4.78 is 18.2. The van der Waals surface area contributed by atoms with Crippen LogP contribution < -0.4 is 4.74 Å². The molecule has 3 rings (SSSR count). The van der Waals surface area contributed by atoms with Crippen molar-refractivity contribution < 1.29 is 24.0 Å². The Kier molecular flexibility index (Phi) is 7.79. The Balaban J connectivity index is 1.70. The van der Waals surface area contributed by atoms with Gasteiger partial charge in [0.05, 0.1) is 29.7 Å². The lowest BCUT2D eigenvalue weighted by molar-refractivity contribution is -0.385. The molecule has 0 radical (unpaired) electrons. The average Bonchev–Trinajstić information content (AvgIpc) is 2.79. The van der Waals surface area contributed by atoms with E-state index in [9.17, 15) is 24.4 Å². The number of nitro groups is 1. The van der Waals surface area contributed by atoms with Crippen LogP contribution in [-0.2, 0) is 6.54 Å². The number of carbonyl (C=O) groups excluding carboxylic acids is 1. The molecule has 1 aliphatic rings. The number of benzene rings is 2. The molecule has 32 heavy (non-hydrogen) atoms. The van der Waals surface area contributed by atoms with Crippen LogP contribution in [-0.4, -0.2) is 65.0 Å². The third kappa shape index (κ3) is 5.61. The minimum absolute atomic E-state index is 0.0392. The Morgan fingerprint density at radius 3 is 2.69 bits per heavy atom. The lowest BCUT2D eigenvalue weighted by Gasteiger charge is -2.40. The summed E-state index contributed by atoms with van der Waals surface area (Å²) in [4.78, 5) is 27.3. The molecule has 2 aromatic carbocycles. The average molecular weight is 464 g/mol. The van der Waals surface area contributed by atoms with Crippen LogP contribution in [0.1, 0.15) is 15.9 Å². The van der Waals surface area contributed by atoms with Crippen molar-refractivity contribution in [2.24, 2.45) is 0 Å². The number of nitro benzene ring substituents is 1. The van der Waals surface area contributed by atoms with Gasteiger partial charge in [-0.25, -0.2) is 4.39 Å². The normalized spacial score (nSPS) is 17.0. The summed E-state index contributed by atoms with van der Waals surface area (Å²) in [6.07, 6.45) is 2.79. The van der Waals surface area contributed by atoms with E-state index in [-0.39, 0.29) is 34.8 Å². The van der Waals surface area contributed by atoms with Crippen LogP contribution in [0.3, 0.4) is 0 Å². The van der Waals surface area contributed by atoms with E-state index in [4.69, 9.17) is 16.3 Å². The molecule has 1 N–H and O–H groups in total. The summed E-state index contributed by atoms with van der Waals surface area (Å²) >= 11 is 5.95. The molecule has 0 aromatic heterocycles. The number of rotatable bonds is 8. The molecule has 1 atom stereocenters. The summed E-state index contributed by atoms with van der Waals surface area (Å²) in [6, 6.07) is 8.35. The van der Waals surface area contributed by atoms with E-state index in [0.29, 0.717) is 26.2 Å². The number of ketones is 1. The van der Waals surface area contributed by atoms with Gasteiger partial charge in [0.15, 0.2) is 5.78 Å². The molecule has 8 nitrogen and oxygen atoms in total. The first-order chi connectivity index (χ1) is 15.3. The summed E-state index contributed by atoms with van der Waals surface area (Å²) in [5.41, 5.74) is 0.419. The van der Waals surface area contributed by atoms with Crippen LogP contribution in [0.2, 0.25) is 5.02 Å². The van der Waals surface area contributed by atoms with E-state index in [1.807, 2.05) is 4.90 Å². The highest BCUT2D eigenvalue weighted by Gasteiger charge is 2.26. The number of allylic oxidation sites excluding steroid dienone is 1. The van der Waals surface area contributed by atoms with Crippen molar-refractivity contribution in [2.45, 2.75) is 12.6 Å². The molecule has 10 heteroatoms. The summed E-state index contributed by atoms with van der Waals surface area (Å²) in [6.45, 7) is 2.24. The van der Waals surface area contributed by atoms with Crippen molar-refractivity contribution in [3.63, 3.8) is 0 Å². The van der Waals surface area contributed by atoms with Crippen LogP contribution in [0.15, 0.2) is 48.7 Å². The molecular formula is C22H23ClFN3O5. The van der Waals surface area contributed by atoms with Crippen LogP contribution in [0, 0.1) is 15.9 Å². The number of ether oxygens (including phenoxy) is 1. The second kappa shape index (κ2) is 10.5. The van der Waals surface area contributed by atoms with Gasteiger partial charge in [0, 0.05) is 44.5 Å². The van der Waals surface area contributed by atoms with E-state index < -0.39 is 16.4 Å². The lowest BCUT2D eigenvalue weighted by atomic mass is 10.1. The van der Waals surface area contributed by atoms with Crippen molar-refractivity contribution in [3.8, 4) is 5.75 Å². The number of hydrogen-bond acceptors (Lipinski definition) is 7. The summed E-state index contributed by atoms with van der Waals surface area (Å²) in [5.74, 6) is -0.700. The molecule has 1 heterocycles. The van der Waals surface area contributed by atoms with E-state index in [0.717, 1.165) is 11.6 Å². The highest BCUT2D eigenvalue weighted by atomic mass is 35.5. The molecule has 0 spiro atoms. The zero-order chi connectivity index (χ0) is 23.3. The highest BCUT2D eigenvalue weighted by Crippen LogP contribution is 2.32. The predicted molar refractivity (Wildman–Crippen MR) is 117 cm³/mol. The first-order valence-corrected chi connectivity index (χ1v) is 10.3. The van der Waals surface area contributed by atoms with Crippen LogP contribution in [0.5, 0.6) is 5.75 Å². The third-order valence-electron chi connectivity index (χ3n) is 5.29. The first-order valence-electron chi connectivity index (χ1n) is 9.90. The number of hydrogen-bond donors (Lipinski definition) is 1. The standard InChI is InChI=1S/C22H23ClFN3O5/c1-32-22-10-18(20(27(30)31)11-19(22)23)21(29)6-7-26-9-8-25(13-17(26)14-28)12-15-2-4-16(24)5-3-15/h2-7,10-11,17,28H,8-9,12-14H2,1H3/b7-6+/t17-/m0/s1. The molecule has 2 aromatic rings. The highest BCUT2D eigenvalue weighted by molar-refractivity contribution is 6.32. The van der Waals surface area contributed by atoms with Gasteiger partial charge < -0.3 is 14.7 Å². The number of nitrogens with zero attached hydrogens (tertiary/aromatic N) is 3. The molecule has 170 valence electrons. The maximum Gasteiger partial charge on any atom is 0.282 e. The first kappa shape index (κ1) is 23.6. The van der Waals surface area contributed by atoms with Gasteiger partial charge in [-0.15, -0.1) is 0 Å². The number of aliphatic hydroxyl groups excluding tert-OH is 1. The summed E-state index contributed by atoms with van der Waals surface area (Å²) in [7, 11) is 1.36. The molecule has 0 bridgehead atoms. The summed E-state index contributed by atoms with van der Waals surface area (Å²) in [5, 5.41) is 21.2. The van der Waals surface area contributed by atoms with E-state index >= 15 is 0 Å². The lowest BCUT2D eigenvalue weighted by Crippen LogP contribution is -2.52. The van der Waals surface area contributed by atoms with Gasteiger partial charge in [-0.1, -0.05) is 23.7 Å². The fourth-order valence-corrected chi connectivity index (χ4v) is 3.82. The largest absolute Gasteiger partial charge is 0.495 e. The Labute approximate surface area is 189 Å². The molecular weight excluding hydrogens is 441 g/mol. The monoisotopic (exact) mass is 463 g/mol. The maximum atomic E-state index is 13.1. The smallest absolute Gasteiger partial charge is 0.282 e. The third-order valence-corrected chi connectivity index (χ3v) is 5.59. The number of methoxy groups -OCH3 is 1. The molecule has 1 fully saturated rings. The SMILES string of the molecule is COc1cc(C(=O)/C=C/N2CCN(Cc3ccc(F)cc3)C[C@H]2CO)c([N+](=O)[O-])cc1Cl. The van der Waals surface area contributed by atoms with E-state index in [1.54, 1.807) is 18.3 Å². The minimum atomic E-state index is -0.670. The van der Waals surface area contributed by atoms with Crippen molar-refractivity contribution in [1.82, 2.24) is 9.80 Å². The molecule has 0 unspecified atom stereocenters. The van der Waals surface area contributed by atoms with E-state index in [1.165, 1.54) is 31.4 Å². The second-order valence-corrected chi connectivity index (χ2v) is 7.78. The predicted octanol–water partition coefficient (Wildman–Crippen LogP) is 3.27. The van der Waals surface area contributed by atoms with Crippen LogP contribution in [0.4, 0.5) is 10.1 Å². The van der Waals surface area contributed by atoms with Gasteiger partial charge in [0.1, 0.15) is 17.1 Å². The fraction of sp³-hybridized carbons (Fsp3) is 0.318. The number of piperazine rings is 1. The Bertz CT molecular complexity index is 1020. The zero-order valence-corrected chi connectivity index (χ0v) is 18.2. The number of carbonyl (C=O) groups is 1. The minimum Gasteiger partial charge on any atom is -0.495 e. The molecule has 1 saturated heterocycles. The van der Waals surface area contributed by atoms with Gasteiger partial charge >= 0.3 is 0 Å².